The Bertz CT molecular complexity index is 1150. The van der Waals surface area contributed by atoms with Crippen LogP contribution >= 0.6 is 11.6 Å². The van der Waals surface area contributed by atoms with Gasteiger partial charge in [-0.25, -0.2) is 0 Å². The van der Waals surface area contributed by atoms with E-state index in [0.717, 1.165) is 59.4 Å². The lowest BCUT2D eigenvalue weighted by atomic mass is 10.0. The minimum absolute atomic E-state index is 0.0277. The number of piperidine rings is 1. The fraction of sp³-hybridized carbons (Fsp3) is 0.321. The third kappa shape index (κ3) is 6.52. The Hall–Kier alpha value is -3.02. The van der Waals surface area contributed by atoms with E-state index in [1.54, 1.807) is 6.08 Å². The monoisotopic (exact) mass is 479 g/mol. The molecule has 0 bridgehead atoms. The molecule has 1 saturated heterocycles. The maximum absolute atomic E-state index is 12.5. The van der Waals surface area contributed by atoms with Gasteiger partial charge in [0.2, 0.25) is 5.91 Å². The Balaban J connectivity index is 1.76. The molecule has 2 heterocycles. The first-order valence-corrected chi connectivity index (χ1v) is 12.0. The van der Waals surface area contributed by atoms with E-state index in [9.17, 15) is 4.79 Å². The number of allylic oxidation sites excluding steroid dienone is 7. The van der Waals surface area contributed by atoms with Crippen LogP contribution in [-0.4, -0.2) is 30.4 Å². The van der Waals surface area contributed by atoms with Crippen LogP contribution in [0.5, 0.6) is 0 Å². The number of hydrogen-bond acceptors (Lipinski definition) is 4. The smallest absolute Gasteiger partial charge is 0.241 e. The molecule has 2 N–H and O–H groups in total. The minimum atomic E-state index is -0.146. The van der Waals surface area contributed by atoms with Crippen LogP contribution in [0.15, 0.2) is 77.5 Å². The summed E-state index contributed by atoms with van der Waals surface area (Å²) in [5, 5.41) is 7.77. The number of carbonyl (C=O) groups excluding carboxylic acids is 1. The zero-order valence-electron chi connectivity index (χ0n) is 20.3. The summed E-state index contributed by atoms with van der Waals surface area (Å²) >= 11 is 6.42. The summed E-state index contributed by atoms with van der Waals surface area (Å²) in [6.07, 6.45) is 12.6. The third-order valence-corrected chi connectivity index (χ3v) is 6.15. The van der Waals surface area contributed by atoms with Gasteiger partial charge in [-0.15, -0.1) is 0 Å². The van der Waals surface area contributed by atoms with Crippen molar-refractivity contribution in [3.63, 3.8) is 0 Å². The average molecular weight is 480 g/mol. The van der Waals surface area contributed by atoms with Crippen molar-refractivity contribution in [1.29, 1.82) is 0 Å². The number of nitrogens with zero attached hydrogens (tertiary/aromatic N) is 1. The molecule has 0 unspecified atom stereocenters. The first-order valence-electron chi connectivity index (χ1n) is 11.6. The van der Waals surface area contributed by atoms with Crippen molar-refractivity contribution in [3.05, 3.63) is 89.5 Å². The van der Waals surface area contributed by atoms with Gasteiger partial charge < -0.3 is 20.0 Å². The topological polar surface area (TPSA) is 57.5 Å². The molecule has 1 amide bonds. The van der Waals surface area contributed by atoms with Gasteiger partial charge in [0, 0.05) is 46.5 Å². The Kier molecular flexibility index (Phi) is 8.97. The van der Waals surface area contributed by atoms with Gasteiger partial charge in [-0.2, -0.15) is 0 Å². The lowest BCUT2D eigenvalue weighted by Gasteiger charge is -2.23. The molecule has 1 aromatic carbocycles. The largest absolute Gasteiger partial charge is 0.456 e. The van der Waals surface area contributed by atoms with Crippen LogP contribution in [-0.2, 0) is 11.3 Å². The summed E-state index contributed by atoms with van der Waals surface area (Å²) in [6, 6.07) is 5.67. The van der Waals surface area contributed by atoms with Crippen LogP contribution in [0, 0.1) is 0 Å². The molecule has 34 heavy (non-hydrogen) atoms. The van der Waals surface area contributed by atoms with E-state index in [-0.39, 0.29) is 11.9 Å². The van der Waals surface area contributed by atoms with Crippen LogP contribution < -0.4 is 10.6 Å². The van der Waals surface area contributed by atoms with Crippen molar-refractivity contribution in [2.75, 3.05) is 13.6 Å². The maximum Gasteiger partial charge on any atom is 0.241 e. The number of rotatable bonds is 9. The fourth-order valence-electron chi connectivity index (χ4n) is 4.00. The van der Waals surface area contributed by atoms with Gasteiger partial charge in [0.25, 0.3) is 0 Å². The molecule has 1 aliphatic rings. The maximum atomic E-state index is 12.5. The molecule has 5 nitrogen and oxygen atoms in total. The zero-order valence-corrected chi connectivity index (χ0v) is 21.0. The molecule has 1 fully saturated rings. The number of amides is 1. The highest BCUT2D eigenvalue weighted by molar-refractivity contribution is 6.31. The van der Waals surface area contributed by atoms with Crippen LogP contribution in [0.3, 0.4) is 0 Å². The van der Waals surface area contributed by atoms with E-state index in [2.05, 4.69) is 28.7 Å². The zero-order chi connectivity index (χ0) is 24.7. The van der Waals surface area contributed by atoms with E-state index in [1.807, 2.05) is 63.4 Å². The summed E-state index contributed by atoms with van der Waals surface area (Å²) in [5.41, 5.74) is 4.20. The predicted molar refractivity (Wildman–Crippen MR) is 142 cm³/mol. The molecular weight excluding hydrogens is 446 g/mol. The number of carbonyl (C=O) groups is 1. The lowest BCUT2D eigenvalue weighted by molar-refractivity contribution is -0.122. The second-order valence-corrected chi connectivity index (χ2v) is 9.04. The Morgan fingerprint density at radius 1 is 1.35 bits per heavy atom. The van der Waals surface area contributed by atoms with E-state index in [1.165, 1.54) is 0 Å². The van der Waals surface area contributed by atoms with Gasteiger partial charge >= 0.3 is 0 Å². The Morgan fingerprint density at radius 3 is 2.82 bits per heavy atom. The lowest BCUT2D eigenvalue weighted by Crippen LogP contribution is -2.46. The van der Waals surface area contributed by atoms with Crippen LogP contribution in [0.4, 0.5) is 0 Å². The summed E-state index contributed by atoms with van der Waals surface area (Å²) < 4.78 is 6.23. The van der Waals surface area contributed by atoms with Crippen LogP contribution in [0.1, 0.15) is 44.4 Å². The van der Waals surface area contributed by atoms with Gasteiger partial charge in [-0.05, 0) is 57.5 Å². The number of benzene rings is 1. The van der Waals surface area contributed by atoms with Crippen molar-refractivity contribution in [1.82, 2.24) is 15.5 Å². The van der Waals surface area contributed by atoms with E-state index < -0.39 is 0 Å². The molecule has 0 radical (unpaired) electrons. The molecule has 0 aliphatic carbocycles. The van der Waals surface area contributed by atoms with Crippen molar-refractivity contribution in [2.24, 2.45) is 0 Å². The van der Waals surface area contributed by atoms with E-state index in [4.69, 9.17) is 16.0 Å². The van der Waals surface area contributed by atoms with Gasteiger partial charge in [0.1, 0.15) is 11.3 Å². The minimum Gasteiger partial charge on any atom is -0.456 e. The van der Waals surface area contributed by atoms with Gasteiger partial charge in [-0.1, -0.05) is 55.5 Å². The molecule has 6 heteroatoms. The summed E-state index contributed by atoms with van der Waals surface area (Å²) in [6.45, 7) is 13.3. The normalized spacial score (nSPS) is 17.2. The SMILES string of the molecule is C=C/C(=C\C=C/C)c1cc2cc(Cl)cc(CN(C)/C(C)=C\C(=C)NC(=O)[C@@H]3CCCCN3)c2o1. The van der Waals surface area contributed by atoms with E-state index in [0.29, 0.717) is 17.3 Å². The molecule has 180 valence electrons. The Morgan fingerprint density at radius 2 is 2.15 bits per heavy atom. The highest BCUT2D eigenvalue weighted by Gasteiger charge is 2.20. The number of hydrogen-bond donors (Lipinski definition) is 2. The molecule has 1 aliphatic heterocycles. The average Bonchev–Trinajstić information content (AvgIpc) is 3.23. The quantitative estimate of drug-likeness (QED) is 0.412. The van der Waals surface area contributed by atoms with Crippen molar-refractivity contribution in [3.8, 4) is 0 Å². The molecule has 0 spiro atoms. The number of nitrogens with one attached hydrogen (secondary N) is 2. The predicted octanol–water partition coefficient (Wildman–Crippen LogP) is 6.34. The molecule has 1 atom stereocenters. The summed E-state index contributed by atoms with van der Waals surface area (Å²) in [4.78, 5) is 14.5. The molecule has 0 saturated carbocycles. The second kappa shape index (κ2) is 11.9. The fourth-order valence-corrected chi connectivity index (χ4v) is 4.24. The first-order chi connectivity index (χ1) is 16.3. The second-order valence-electron chi connectivity index (χ2n) is 8.60. The highest BCUT2D eigenvalue weighted by Crippen LogP contribution is 2.31. The molecular formula is C28H34ClN3O2. The van der Waals surface area contributed by atoms with Crippen molar-refractivity contribution in [2.45, 2.75) is 45.7 Å². The molecule has 2 aromatic rings. The number of halogens is 1. The third-order valence-electron chi connectivity index (χ3n) is 5.93. The standard InChI is InChI=1S/C28H34ClN3O2/c1-6-8-11-21(7-2)26-17-22-15-24(29)16-23(27(22)34-26)18-32(5)20(4)14-19(3)31-28(33)25-12-9-10-13-30-25/h6-8,11,14-17,25,30H,2-3,9-10,12-13,18H2,1,4-5H3,(H,31,33)/b8-6-,20-14-,21-11+/t25-/m0/s1. The number of fused-ring (bicyclic) bond motifs is 1. The summed E-state index contributed by atoms with van der Waals surface area (Å²) in [5.74, 6) is 0.717. The van der Waals surface area contributed by atoms with Crippen molar-refractivity contribution < 1.29 is 9.21 Å². The van der Waals surface area contributed by atoms with Crippen LogP contribution in [0.2, 0.25) is 5.02 Å². The van der Waals surface area contributed by atoms with Gasteiger partial charge in [0.05, 0.1) is 6.04 Å². The molecule has 3 rings (SSSR count). The first kappa shape index (κ1) is 25.6. The van der Waals surface area contributed by atoms with Crippen LogP contribution in [0.25, 0.3) is 16.5 Å². The van der Waals surface area contributed by atoms with E-state index >= 15 is 0 Å². The van der Waals surface area contributed by atoms with Crippen molar-refractivity contribution >= 4 is 34.1 Å². The Labute approximate surface area is 207 Å². The van der Waals surface area contributed by atoms with Gasteiger partial charge in [-0.3, -0.25) is 4.79 Å². The number of furan rings is 1. The summed E-state index contributed by atoms with van der Waals surface area (Å²) in [7, 11) is 1.99. The molecule has 1 aromatic heterocycles. The van der Waals surface area contributed by atoms with Gasteiger partial charge in [0.15, 0.2) is 0 Å². The highest BCUT2D eigenvalue weighted by atomic mass is 35.5.